The molecule has 2 aromatic carbocycles. The fourth-order valence-corrected chi connectivity index (χ4v) is 4.38. The van der Waals surface area contributed by atoms with Gasteiger partial charge < -0.3 is 15.8 Å². The average Bonchev–Trinajstić information content (AvgIpc) is 3.11. The standard InChI is InChI=1S/C23H20BrClF3N5O4/c1-2-9-32-20(15-8-7-13(25)10-17(15)24)31-33(22(32)36)11-19(34)30-18(12-37-21(29)35)14-5-3-4-6-16(14)23(26,27)28/h2-8,10,18H,1,9,11-12H2,(H2,29,35)(H,30,34). The van der Waals surface area contributed by atoms with Crippen LogP contribution in [0.3, 0.4) is 0 Å². The number of carbonyl (C=O) groups excluding carboxylic acids is 2. The number of allylic oxidation sites excluding steroid dienone is 1. The number of nitrogens with one attached hydrogen (secondary N) is 1. The normalized spacial score (nSPS) is 12.1. The quantitative estimate of drug-likeness (QED) is 0.354. The van der Waals surface area contributed by atoms with Gasteiger partial charge in [-0.25, -0.2) is 14.3 Å². The predicted molar refractivity (Wildman–Crippen MR) is 133 cm³/mol. The second kappa shape index (κ2) is 11.6. The van der Waals surface area contributed by atoms with Crippen LogP contribution < -0.4 is 16.7 Å². The van der Waals surface area contributed by atoms with Crippen LogP contribution >= 0.6 is 27.5 Å². The van der Waals surface area contributed by atoms with Crippen molar-refractivity contribution in [3.05, 3.63) is 86.2 Å². The van der Waals surface area contributed by atoms with Gasteiger partial charge in [0.1, 0.15) is 13.2 Å². The van der Waals surface area contributed by atoms with Gasteiger partial charge in [-0.05, 0) is 45.8 Å². The molecule has 0 fully saturated rings. The Hall–Kier alpha value is -3.58. The first-order valence-electron chi connectivity index (χ1n) is 10.5. The molecule has 0 aliphatic carbocycles. The van der Waals surface area contributed by atoms with Crippen LogP contribution in [0.5, 0.6) is 0 Å². The molecule has 1 heterocycles. The smallest absolute Gasteiger partial charge is 0.416 e. The molecule has 2 amide bonds. The van der Waals surface area contributed by atoms with Gasteiger partial charge in [0, 0.05) is 21.6 Å². The molecule has 196 valence electrons. The van der Waals surface area contributed by atoms with Crippen LogP contribution in [0.25, 0.3) is 11.4 Å². The summed E-state index contributed by atoms with van der Waals surface area (Å²) in [5.74, 6) is -0.653. The lowest BCUT2D eigenvalue weighted by Crippen LogP contribution is -2.38. The van der Waals surface area contributed by atoms with E-state index in [1.54, 1.807) is 18.2 Å². The van der Waals surface area contributed by atoms with E-state index in [0.717, 1.165) is 16.8 Å². The number of carbonyl (C=O) groups is 2. The molecule has 0 saturated carbocycles. The first-order valence-corrected chi connectivity index (χ1v) is 11.7. The number of primary amides is 1. The summed E-state index contributed by atoms with van der Waals surface area (Å²) in [6.45, 7) is 2.38. The Balaban J connectivity index is 1.94. The van der Waals surface area contributed by atoms with E-state index in [1.807, 2.05) is 0 Å². The highest BCUT2D eigenvalue weighted by Gasteiger charge is 2.35. The van der Waals surface area contributed by atoms with Crippen molar-refractivity contribution in [2.75, 3.05) is 6.61 Å². The molecule has 14 heteroatoms. The predicted octanol–water partition coefficient (Wildman–Crippen LogP) is 4.29. The maximum Gasteiger partial charge on any atom is 0.416 e. The fourth-order valence-electron chi connectivity index (χ4n) is 3.52. The topological polar surface area (TPSA) is 121 Å². The Morgan fingerprint density at radius 1 is 1.27 bits per heavy atom. The summed E-state index contributed by atoms with van der Waals surface area (Å²) in [6, 6.07) is 7.91. The Bertz CT molecular complexity index is 1390. The number of halogens is 5. The van der Waals surface area contributed by atoms with Crippen LogP contribution in [-0.2, 0) is 28.8 Å². The Kier molecular flexibility index (Phi) is 8.81. The number of nitrogens with zero attached hydrogens (tertiary/aromatic N) is 3. The maximum atomic E-state index is 13.6. The van der Waals surface area contributed by atoms with E-state index < -0.39 is 48.6 Å². The summed E-state index contributed by atoms with van der Waals surface area (Å²) >= 11 is 9.36. The van der Waals surface area contributed by atoms with Crippen molar-refractivity contribution >= 4 is 39.5 Å². The molecule has 37 heavy (non-hydrogen) atoms. The molecule has 3 rings (SSSR count). The van der Waals surface area contributed by atoms with Crippen molar-refractivity contribution in [1.29, 1.82) is 0 Å². The van der Waals surface area contributed by atoms with Gasteiger partial charge in [-0.2, -0.15) is 13.2 Å². The zero-order valence-electron chi connectivity index (χ0n) is 19.0. The van der Waals surface area contributed by atoms with Crippen molar-refractivity contribution in [1.82, 2.24) is 19.7 Å². The summed E-state index contributed by atoms with van der Waals surface area (Å²) in [6.07, 6.45) is -4.51. The molecule has 0 saturated heterocycles. The van der Waals surface area contributed by atoms with Gasteiger partial charge in [0.25, 0.3) is 0 Å². The first-order chi connectivity index (χ1) is 17.4. The minimum Gasteiger partial charge on any atom is -0.447 e. The lowest BCUT2D eigenvalue weighted by atomic mass is 10.00. The third kappa shape index (κ3) is 6.80. The number of ether oxygens (including phenoxy) is 1. The summed E-state index contributed by atoms with van der Waals surface area (Å²) in [5.41, 5.74) is 3.44. The van der Waals surface area contributed by atoms with Crippen molar-refractivity contribution in [2.24, 2.45) is 5.73 Å². The summed E-state index contributed by atoms with van der Waals surface area (Å²) in [5, 5.41) is 7.05. The molecule has 0 spiro atoms. The lowest BCUT2D eigenvalue weighted by molar-refractivity contribution is -0.139. The minimum absolute atomic E-state index is 0.0683. The average molecular weight is 603 g/mol. The van der Waals surface area contributed by atoms with Crippen LogP contribution in [0.1, 0.15) is 17.2 Å². The SMILES string of the molecule is C=CCn1c(-c2ccc(Cl)cc2Br)nn(CC(=O)NC(COC(N)=O)c2ccccc2C(F)(F)F)c1=O. The van der Waals surface area contributed by atoms with Crippen molar-refractivity contribution < 1.29 is 27.5 Å². The zero-order chi connectivity index (χ0) is 27.3. The monoisotopic (exact) mass is 601 g/mol. The molecule has 0 radical (unpaired) electrons. The zero-order valence-corrected chi connectivity index (χ0v) is 21.3. The van der Waals surface area contributed by atoms with Gasteiger partial charge in [0.15, 0.2) is 5.82 Å². The largest absolute Gasteiger partial charge is 0.447 e. The number of hydrogen-bond donors (Lipinski definition) is 2. The fraction of sp³-hybridized carbons (Fsp3) is 0.217. The molecule has 1 aromatic heterocycles. The minimum atomic E-state index is -4.74. The van der Waals surface area contributed by atoms with Gasteiger partial charge in [-0.1, -0.05) is 35.9 Å². The molecule has 3 N–H and O–H groups in total. The van der Waals surface area contributed by atoms with Crippen LogP contribution in [0.2, 0.25) is 5.02 Å². The van der Waals surface area contributed by atoms with E-state index in [2.05, 4.69) is 37.7 Å². The highest BCUT2D eigenvalue weighted by Crippen LogP contribution is 2.34. The Morgan fingerprint density at radius 2 is 1.97 bits per heavy atom. The molecular weight excluding hydrogens is 583 g/mol. The molecular formula is C23H20BrClF3N5O4. The third-order valence-corrected chi connectivity index (χ3v) is 5.96. The second-order valence-corrected chi connectivity index (χ2v) is 8.91. The third-order valence-electron chi connectivity index (χ3n) is 5.07. The van der Waals surface area contributed by atoms with Crippen LogP contribution in [-0.4, -0.2) is 33.0 Å². The van der Waals surface area contributed by atoms with Crippen molar-refractivity contribution in [3.63, 3.8) is 0 Å². The summed E-state index contributed by atoms with van der Waals surface area (Å²) < 4.78 is 48.0. The van der Waals surface area contributed by atoms with E-state index in [9.17, 15) is 27.6 Å². The van der Waals surface area contributed by atoms with E-state index in [4.69, 9.17) is 17.3 Å². The van der Waals surface area contributed by atoms with Gasteiger partial charge in [0.05, 0.1) is 11.6 Å². The summed E-state index contributed by atoms with van der Waals surface area (Å²) in [4.78, 5) is 37.0. The maximum absolute atomic E-state index is 13.6. The van der Waals surface area contributed by atoms with Crippen molar-refractivity contribution in [3.8, 4) is 11.4 Å². The van der Waals surface area contributed by atoms with Crippen LogP contribution in [0, 0.1) is 0 Å². The van der Waals surface area contributed by atoms with E-state index in [-0.39, 0.29) is 17.9 Å². The van der Waals surface area contributed by atoms with Gasteiger partial charge in [-0.3, -0.25) is 9.36 Å². The number of alkyl halides is 3. The number of hydrogen-bond acceptors (Lipinski definition) is 5. The van der Waals surface area contributed by atoms with Crippen LogP contribution in [0.4, 0.5) is 18.0 Å². The van der Waals surface area contributed by atoms with Crippen LogP contribution in [0.15, 0.2) is 64.4 Å². The number of aromatic nitrogens is 3. The van der Waals surface area contributed by atoms with Gasteiger partial charge in [-0.15, -0.1) is 11.7 Å². The Morgan fingerprint density at radius 3 is 2.59 bits per heavy atom. The highest BCUT2D eigenvalue weighted by molar-refractivity contribution is 9.10. The number of benzene rings is 2. The molecule has 0 bridgehead atoms. The number of amides is 2. The van der Waals surface area contributed by atoms with Gasteiger partial charge in [0.2, 0.25) is 5.91 Å². The van der Waals surface area contributed by atoms with E-state index in [0.29, 0.717) is 15.1 Å². The number of rotatable bonds is 9. The summed E-state index contributed by atoms with van der Waals surface area (Å²) in [7, 11) is 0. The number of nitrogens with two attached hydrogens (primary N) is 1. The molecule has 0 aliphatic heterocycles. The highest BCUT2D eigenvalue weighted by atomic mass is 79.9. The first kappa shape index (κ1) is 28.0. The molecule has 3 aromatic rings. The van der Waals surface area contributed by atoms with E-state index in [1.165, 1.54) is 22.8 Å². The lowest BCUT2D eigenvalue weighted by Gasteiger charge is -2.22. The molecule has 1 unspecified atom stereocenters. The van der Waals surface area contributed by atoms with E-state index >= 15 is 0 Å². The Labute approximate surface area is 221 Å². The van der Waals surface area contributed by atoms with Crippen molar-refractivity contribution in [2.45, 2.75) is 25.3 Å². The molecule has 9 nitrogen and oxygen atoms in total. The molecule has 0 aliphatic rings. The second-order valence-electron chi connectivity index (χ2n) is 7.62. The van der Waals surface area contributed by atoms with Gasteiger partial charge >= 0.3 is 18.0 Å². The molecule has 1 atom stereocenters.